The third kappa shape index (κ3) is 4.38. The maximum atomic E-state index is 12.1. The van der Waals surface area contributed by atoms with Crippen molar-refractivity contribution in [3.05, 3.63) is 44.6 Å². The Hall–Kier alpha value is -2.81. The van der Waals surface area contributed by atoms with Gasteiger partial charge in [-0.15, -0.1) is 5.10 Å². The van der Waals surface area contributed by atoms with Crippen LogP contribution in [0.2, 0.25) is 5.02 Å². The minimum atomic E-state index is -0.743. The van der Waals surface area contributed by atoms with Gasteiger partial charge in [-0.25, -0.2) is 0 Å². The predicted molar refractivity (Wildman–Crippen MR) is 90.2 cm³/mol. The van der Waals surface area contributed by atoms with Crippen LogP contribution in [0.25, 0.3) is 0 Å². The van der Waals surface area contributed by atoms with Crippen LogP contribution < -0.4 is 14.8 Å². The van der Waals surface area contributed by atoms with Crippen molar-refractivity contribution in [2.45, 2.75) is 20.4 Å². The highest BCUT2D eigenvalue weighted by Gasteiger charge is 2.24. The summed E-state index contributed by atoms with van der Waals surface area (Å²) in [4.78, 5) is 22.1. The van der Waals surface area contributed by atoms with Crippen molar-refractivity contribution in [1.29, 1.82) is 0 Å². The smallest absolute Gasteiger partial charge is 0.362 e. The lowest BCUT2D eigenvalue weighted by Crippen LogP contribution is -2.23. The number of aromatic nitrogens is 2. The molecule has 0 aliphatic heterocycles. The number of ether oxygens (including phenoxy) is 2. The molecule has 9 nitrogen and oxygen atoms in total. The molecule has 0 atom stereocenters. The number of nitro groups is 1. The van der Waals surface area contributed by atoms with Crippen molar-refractivity contribution >= 4 is 23.3 Å². The van der Waals surface area contributed by atoms with Crippen LogP contribution in [0.1, 0.15) is 29.9 Å². The van der Waals surface area contributed by atoms with E-state index in [0.29, 0.717) is 24.7 Å². The second-order valence-electron chi connectivity index (χ2n) is 4.82. The highest BCUT2D eigenvalue weighted by molar-refractivity contribution is 6.35. The lowest BCUT2D eigenvalue weighted by Gasteiger charge is -2.12. The van der Waals surface area contributed by atoms with Gasteiger partial charge in [0.2, 0.25) is 0 Å². The molecule has 2 rings (SSSR count). The number of halogens is 1. The van der Waals surface area contributed by atoms with Gasteiger partial charge in [0.15, 0.2) is 22.2 Å². The van der Waals surface area contributed by atoms with Crippen molar-refractivity contribution in [2.24, 2.45) is 0 Å². The molecule has 10 heteroatoms. The topological polar surface area (TPSA) is 119 Å². The van der Waals surface area contributed by atoms with Crippen LogP contribution in [0.3, 0.4) is 0 Å². The Labute approximate surface area is 148 Å². The van der Waals surface area contributed by atoms with E-state index < -0.39 is 16.6 Å². The third-order valence-electron chi connectivity index (χ3n) is 3.15. The number of benzene rings is 1. The van der Waals surface area contributed by atoms with Crippen LogP contribution in [0.5, 0.6) is 11.5 Å². The number of hydrogen-bond acceptors (Lipinski definition) is 6. The predicted octanol–water partition coefficient (Wildman–Crippen LogP) is 2.70. The maximum absolute atomic E-state index is 12.1. The normalized spacial score (nSPS) is 10.4. The van der Waals surface area contributed by atoms with Gasteiger partial charge in [0, 0.05) is 6.54 Å². The molecule has 0 fully saturated rings. The SMILES string of the molecule is CCOc1ccc(CNC(=O)c2n[nH]c([N+](=O)[O-])c2Cl)cc1OCC. The minimum Gasteiger partial charge on any atom is -0.490 e. The molecular weight excluding hydrogens is 352 g/mol. The minimum absolute atomic E-state index is 0.169. The number of aromatic amines is 1. The summed E-state index contributed by atoms with van der Waals surface area (Å²) in [5, 5.41) is 18.7. The van der Waals surface area contributed by atoms with Gasteiger partial charge < -0.3 is 24.9 Å². The molecule has 2 N–H and O–H groups in total. The summed E-state index contributed by atoms with van der Waals surface area (Å²) in [6.45, 7) is 4.88. The van der Waals surface area contributed by atoms with Crippen molar-refractivity contribution in [3.8, 4) is 11.5 Å². The number of nitrogens with zero attached hydrogens (tertiary/aromatic N) is 2. The van der Waals surface area contributed by atoms with Gasteiger partial charge in [0.05, 0.1) is 13.2 Å². The van der Waals surface area contributed by atoms with Gasteiger partial charge in [0.25, 0.3) is 5.91 Å². The molecule has 0 unspecified atom stereocenters. The van der Waals surface area contributed by atoms with Crippen LogP contribution in [0.15, 0.2) is 18.2 Å². The summed E-state index contributed by atoms with van der Waals surface area (Å²) >= 11 is 5.79. The molecular formula is C15H17ClN4O5. The average molecular weight is 369 g/mol. The van der Waals surface area contributed by atoms with Crippen LogP contribution in [-0.4, -0.2) is 34.2 Å². The first-order valence-electron chi connectivity index (χ1n) is 7.52. The fourth-order valence-corrected chi connectivity index (χ4v) is 2.30. The Morgan fingerprint density at radius 1 is 1.32 bits per heavy atom. The molecule has 0 saturated carbocycles. The molecule has 2 aromatic rings. The van der Waals surface area contributed by atoms with E-state index in [2.05, 4.69) is 15.5 Å². The summed E-state index contributed by atoms with van der Waals surface area (Å²) in [7, 11) is 0. The van der Waals surface area contributed by atoms with Crippen molar-refractivity contribution in [2.75, 3.05) is 13.2 Å². The molecule has 0 bridgehead atoms. The van der Waals surface area contributed by atoms with Crippen LogP contribution in [0, 0.1) is 10.1 Å². The quantitative estimate of drug-likeness (QED) is 0.546. The lowest BCUT2D eigenvalue weighted by atomic mass is 10.2. The van der Waals surface area contributed by atoms with E-state index in [0.717, 1.165) is 5.56 Å². The largest absolute Gasteiger partial charge is 0.490 e. The van der Waals surface area contributed by atoms with Gasteiger partial charge in [-0.2, -0.15) is 0 Å². The molecule has 0 saturated heterocycles. The van der Waals surface area contributed by atoms with E-state index in [4.69, 9.17) is 21.1 Å². The standard InChI is InChI=1S/C15H17ClN4O5/c1-3-24-10-6-5-9(7-11(10)25-4-2)8-17-15(21)13-12(16)14(19-18-13)20(22)23/h5-7H,3-4,8H2,1-2H3,(H,17,21)(H,18,19). The molecule has 0 aliphatic rings. The Kier molecular flexibility index (Phi) is 6.18. The Morgan fingerprint density at radius 3 is 2.60 bits per heavy atom. The molecule has 1 heterocycles. The fourth-order valence-electron chi connectivity index (χ4n) is 2.06. The Morgan fingerprint density at radius 2 is 2.00 bits per heavy atom. The number of hydrogen-bond donors (Lipinski definition) is 2. The van der Waals surface area contributed by atoms with E-state index in [9.17, 15) is 14.9 Å². The second kappa shape index (κ2) is 8.34. The first-order valence-corrected chi connectivity index (χ1v) is 7.90. The summed E-state index contributed by atoms with van der Waals surface area (Å²) in [6.07, 6.45) is 0. The average Bonchev–Trinajstić information content (AvgIpc) is 2.97. The lowest BCUT2D eigenvalue weighted by molar-refractivity contribution is -0.389. The molecule has 0 radical (unpaired) electrons. The number of carbonyl (C=O) groups excluding carboxylic acids is 1. The zero-order chi connectivity index (χ0) is 18.4. The summed E-state index contributed by atoms with van der Waals surface area (Å²) in [5.74, 6) is 0.0441. The first kappa shape index (κ1) is 18.5. The molecule has 1 aromatic heterocycles. The van der Waals surface area contributed by atoms with Crippen LogP contribution in [-0.2, 0) is 6.54 Å². The number of rotatable bonds is 8. The zero-order valence-corrected chi connectivity index (χ0v) is 14.4. The van der Waals surface area contributed by atoms with E-state index in [1.54, 1.807) is 18.2 Å². The number of carbonyl (C=O) groups is 1. The molecule has 0 spiro atoms. The number of amides is 1. The summed E-state index contributed by atoms with van der Waals surface area (Å²) in [5.41, 5.74) is 0.533. The summed E-state index contributed by atoms with van der Waals surface area (Å²) < 4.78 is 11.0. The second-order valence-corrected chi connectivity index (χ2v) is 5.20. The van der Waals surface area contributed by atoms with E-state index in [1.165, 1.54) is 0 Å². The zero-order valence-electron chi connectivity index (χ0n) is 13.7. The number of nitrogens with one attached hydrogen (secondary N) is 2. The van der Waals surface area contributed by atoms with Gasteiger partial charge in [-0.05, 0) is 36.5 Å². The van der Waals surface area contributed by atoms with Crippen molar-refractivity contribution in [1.82, 2.24) is 15.5 Å². The van der Waals surface area contributed by atoms with E-state index >= 15 is 0 Å². The van der Waals surface area contributed by atoms with E-state index in [1.807, 2.05) is 13.8 Å². The molecule has 25 heavy (non-hydrogen) atoms. The monoisotopic (exact) mass is 368 g/mol. The van der Waals surface area contributed by atoms with Gasteiger partial charge >= 0.3 is 5.82 Å². The molecule has 1 amide bonds. The first-order chi connectivity index (χ1) is 12.0. The summed E-state index contributed by atoms with van der Waals surface area (Å²) in [6, 6.07) is 5.29. The molecule has 134 valence electrons. The third-order valence-corrected chi connectivity index (χ3v) is 3.51. The van der Waals surface area contributed by atoms with Crippen molar-refractivity contribution in [3.63, 3.8) is 0 Å². The van der Waals surface area contributed by atoms with Crippen LogP contribution >= 0.6 is 11.6 Å². The van der Waals surface area contributed by atoms with E-state index in [-0.39, 0.29) is 17.3 Å². The molecule has 1 aromatic carbocycles. The van der Waals surface area contributed by atoms with Gasteiger partial charge in [-0.3, -0.25) is 4.79 Å². The van der Waals surface area contributed by atoms with Crippen molar-refractivity contribution < 1.29 is 19.2 Å². The van der Waals surface area contributed by atoms with Gasteiger partial charge in [-0.1, -0.05) is 22.8 Å². The van der Waals surface area contributed by atoms with Gasteiger partial charge in [0.1, 0.15) is 0 Å². The maximum Gasteiger partial charge on any atom is 0.362 e. The fraction of sp³-hybridized carbons (Fsp3) is 0.333. The highest BCUT2D eigenvalue weighted by atomic mass is 35.5. The number of H-pyrrole nitrogens is 1. The molecule has 0 aliphatic carbocycles. The highest BCUT2D eigenvalue weighted by Crippen LogP contribution is 2.29. The Balaban J connectivity index is 2.09. The Bertz CT molecular complexity index is 777. The van der Waals surface area contributed by atoms with Crippen LogP contribution in [0.4, 0.5) is 5.82 Å².